The minimum absolute atomic E-state index is 0.596. The van der Waals surface area contributed by atoms with Crippen molar-refractivity contribution in [2.75, 3.05) is 6.54 Å². The fraction of sp³-hybridized carbons (Fsp3) is 0.615. The summed E-state index contributed by atoms with van der Waals surface area (Å²) < 4.78 is 3.74. The molecule has 0 saturated heterocycles. The van der Waals surface area contributed by atoms with Gasteiger partial charge in [0.15, 0.2) is 0 Å². The zero-order valence-corrected chi connectivity index (χ0v) is 13.0. The lowest BCUT2D eigenvalue weighted by atomic mass is 10.3. The van der Waals surface area contributed by atoms with Crippen molar-refractivity contribution in [3.63, 3.8) is 0 Å². The van der Waals surface area contributed by atoms with Gasteiger partial charge < -0.3 is 5.32 Å². The summed E-state index contributed by atoms with van der Waals surface area (Å²) in [5, 5.41) is 16.8. The molecule has 0 radical (unpaired) electrons. The first kappa shape index (κ1) is 15.0. The molecule has 0 fully saturated rings. The zero-order chi connectivity index (χ0) is 14.5. The first-order valence-electron chi connectivity index (χ1n) is 7.03. The van der Waals surface area contributed by atoms with Crippen LogP contribution < -0.4 is 5.32 Å². The molecule has 0 bridgehead atoms. The van der Waals surface area contributed by atoms with Gasteiger partial charge in [-0.15, -0.1) is 5.10 Å². The summed E-state index contributed by atoms with van der Waals surface area (Å²) in [5.41, 5.74) is 2.86. The number of nitrogens with one attached hydrogen (secondary N) is 1. The zero-order valence-electron chi connectivity index (χ0n) is 12.2. The second kappa shape index (κ2) is 6.85. The molecule has 6 nitrogen and oxygen atoms in total. The van der Waals surface area contributed by atoms with E-state index < -0.39 is 0 Å². The van der Waals surface area contributed by atoms with Crippen LogP contribution in [-0.2, 0) is 26.1 Å². The van der Waals surface area contributed by atoms with E-state index in [1.54, 1.807) is 4.68 Å². The standard InChI is InChI=1S/C13H21ClN6/c1-4-11-13(14)12(20(6-3)17-11)9-19-8-10(16-18-19)7-15-5-2/h8,15H,4-7,9H2,1-3H3. The molecule has 0 atom stereocenters. The number of hydrogen-bond acceptors (Lipinski definition) is 4. The van der Waals surface area contributed by atoms with Gasteiger partial charge in [0, 0.05) is 13.1 Å². The quantitative estimate of drug-likeness (QED) is 0.847. The molecule has 1 N–H and O–H groups in total. The maximum Gasteiger partial charge on any atom is 0.0964 e. The molecule has 2 aromatic heterocycles. The van der Waals surface area contributed by atoms with E-state index in [0.717, 1.165) is 48.2 Å². The number of aromatic nitrogens is 5. The molecule has 2 aromatic rings. The number of nitrogens with zero attached hydrogens (tertiary/aromatic N) is 5. The normalized spacial score (nSPS) is 11.2. The lowest BCUT2D eigenvalue weighted by Gasteiger charge is -2.04. The Balaban J connectivity index is 2.16. The van der Waals surface area contributed by atoms with Gasteiger partial charge in [-0.3, -0.25) is 4.68 Å². The van der Waals surface area contributed by atoms with E-state index in [-0.39, 0.29) is 0 Å². The van der Waals surface area contributed by atoms with Gasteiger partial charge in [0.2, 0.25) is 0 Å². The summed E-state index contributed by atoms with van der Waals surface area (Å²) >= 11 is 6.39. The molecule has 7 heteroatoms. The molecule has 0 unspecified atom stereocenters. The molecule has 0 amide bonds. The van der Waals surface area contributed by atoms with Crippen LogP contribution in [0, 0.1) is 0 Å². The fourth-order valence-electron chi connectivity index (χ4n) is 2.07. The smallest absolute Gasteiger partial charge is 0.0964 e. The van der Waals surface area contributed by atoms with Crippen LogP contribution in [0.15, 0.2) is 6.20 Å². The Hall–Kier alpha value is -1.40. The van der Waals surface area contributed by atoms with Gasteiger partial charge in [-0.25, -0.2) is 4.68 Å². The van der Waals surface area contributed by atoms with Crippen LogP contribution in [0.5, 0.6) is 0 Å². The molecule has 0 aliphatic carbocycles. The molecule has 0 aliphatic rings. The van der Waals surface area contributed by atoms with Crippen molar-refractivity contribution in [3.05, 3.63) is 28.3 Å². The van der Waals surface area contributed by atoms with Crippen LogP contribution >= 0.6 is 11.6 Å². The lowest BCUT2D eigenvalue weighted by Crippen LogP contribution is -2.12. The van der Waals surface area contributed by atoms with Gasteiger partial charge in [0.1, 0.15) is 0 Å². The Bertz CT molecular complexity index is 559. The highest BCUT2D eigenvalue weighted by atomic mass is 35.5. The minimum atomic E-state index is 0.596. The Morgan fingerprint density at radius 2 is 2.10 bits per heavy atom. The molecule has 20 heavy (non-hydrogen) atoms. The fourth-order valence-corrected chi connectivity index (χ4v) is 2.40. The third-order valence-corrected chi connectivity index (χ3v) is 3.58. The van der Waals surface area contributed by atoms with Gasteiger partial charge in [-0.2, -0.15) is 5.10 Å². The Labute approximate surface area is 124 Å². The molecule has 2 rings (SSSR count). The monoisotopic (exact) mass is 296 g/mol. The lowest BCUT2D eigenvalue weighted by molar-refractivity contribution is 0.563. The highest BCUT2D eigenvalue weighted by Crippen LogP contribution is 2.22. The van der Waals surface area contributed by atoms with E-state index in [1.807, 2.05) is 10.9 Å². The van der Waals surface area contributed by atoms with Crippen molar-refractivity contribution in [2.45, 2.75) is 46.8 Å². The second-order valence-electron chi connectivity index (χ2n) is 4.56. The van der Waals surface area contributed by atoms with Gasteiger partial charge in [0.25, 0.3) is 0 Å². The van der Waals surface area contributed by atoms with Crippen molar-refractivity contribution >= 4 is 11.6 Å². The van der Waals surface area contributed by atoms with E-state index in [0.29, 0.717) is 6.54 Å². The van der Waals surface area contributed by atoms with Gasteiger partial charge in [-0.1, -0.05) is 30.7 Å². The van der Waals surface area contributed by atoms with Crippen LogP contribution in [0.1, 0.15) is 37.9 Å². The number of aryl methyl sites for hydroxylation is 2. The van der Waals surface area contributed by atoms with E-state index in [1.165, 1.54) is 0 Å². The van der Waals surface area contributed by atoms with Gasteiger partial charge in [0.05, 0.1) is 34.8 Å². The topological polar surface area (TPSA) is 60.6 Å². The van der Waals surface area contributed by atoms with Crippen molar-refractivity contribution < 1.29 is 0 Å². The highest BCUT2D eigenvalue weighted by Gasteiger charge is 2.15. The predicted octanol–water partition coefficient (Wildman–Crippen LogP) is 1.87. The summed E-state index contributed by atoms with van der Waals surface area (Å²) in [6.07, 6.45) is 2.78. The minimum Gasteiger partial charge on any atom is -0.311 e. The summed E-state index contributed by atoms with van der Waals surface area (Å²) in [5.74, 6) is 0. The molecule has 0 aromatic carbocycles. The first-order valence-corrected chi connectivity index (χ1v) is 7.41. The number of halogens is 1. The van der Waals surface area contributed by atoms with E-state index in [9.17, 15) is 0 Å². The SMILES string of the molecule is CCNCc1cn(Cc2c(Cl)c(CC)nn2CC)nn1. The molecule has 110 valence electrons. The van der Waals surface area contributed by atoms with Crippen LogP contribution in [0.3, 0.4) is 0 Å². The summed E-state index contributed by atoms with van der Waals surface area (Å²) in [7, 11) is 0. The van der Waals surface area contributed by atoms with Crippen molar-refractivity contribution in [1.82, 2.24) is 30.1 Å². The maximum absolute atomic E-state index is 6.39. The first-order chi connectivity index (χ1) is 9.69. The van der Waals surface area contributed by atoms with Gasteiger partial charge >= 0.3 is 0 Å². The molecule has 2 heterocycles. The Morgan fingerprint density at radius 1 is 1.30 bits per heavy atom. The molecule has 0 saturated carbocycles. The van der Waals surface area contributed by atoms with Crippen LogP contribution in [0.25, 0.3) is 0 Å². The average Bonchev–Trinajstić information content (AvgIpc) is 3.03. The Morgan fingerprint density at radius 3 is 2.75 bits per heavy atom. The summed E-state index contributed by atoms with van der Waals surface area (Å²) in [6, 6.07) is 0. The third kappa shape index (κ3) is 3.19. The molecular formula is C13H21ClN6. The predicted molar refractivity (Wildman–Crippen MR) is 78.8 cm³/mol. The van der Waals surface area contributed by atoms with E-state index in [4.69, 9.17) is 11.6 Å². The highest BCUT2D eigenvalue weighted by molar-refractivity contribution is 6.31. The van der Waals surface area contributed by atoms with Gasteiger partial charge in [-0.05, 0) is 19.9 Å². The summed E-state index contributed by atoms with van der Waals surface area (Å²) in [6.45, 7) is 9.23. The number of hydrogen-bond donors (Lipinski definition) is 1. The molecule has 0 spiro atoms. The van der Waals surface area contributed by atoms with Crippen molar-refractivity contribution in [3.8, 4) is 0 Å². The average molecular weight is 297 g/mol. The van der Waals surface area contributed by atoms with Crippen LogP contribution in [0.2, 0.25) is 5.02 Å². The van der Waals surface area contributed by atoms with Crippen LogP contribution in [-0.4, -0.2) is 31.3 Å². The maximum atomic E-state index is 6.39. The third-order valence-electron chi connectivity index (χ3n) is 3.15. The van der Waals surface area contributed by atoms with Crippen LogP contribution in [0.4, 0.5) is 0 Å². The van der Waals surface area contributed by atoms with Crippen molar-refractivity contribution in [1.29, 1.82) is 0 Å². The van der Waals surface area contributed by atoms with E-state index >= 15 is 0 Å². The Kier molecular flexibility index (Phi) is 5.14. The number of rotatable bonds is 7. The second-order valence-corrected chi connectivity index (χ2v) is 4.94. The largest absolute Gasteiger partial charge is 0.311 e. The van der Waals surface area contributed by atoms with Crippen molar-refractivity contribution in [2.24, 2.45) is 0 Å². The summed E-state index contributed by atoms with van der Waals surface area (Å²) in [4.78, 5) is 0. The molecular weight excluding hydrogens is 276 g/mol. The van der Waals surface area contributed by atoms with E-state index in [2.05, 4.69) is 41.5 Å². The molecule has 0 aliphatic heterocycles.